The first-order valence-electron chi connectivity index (χ1n) is 9.86. The molecule has 30 heavy (non-hydrogen) atoms. The van der Waals surface area contributed by atoms with E-state index < -0.39 is 0 Å². The SMILES string of the molecule is Cc1ccc(OCC(=O)N(CCCN(C)C)c2nc3c(C)c(C)ccc3s2)cc1.Cl. The standard InChI is InChI=1S/C23H29N3O2S.ClH/c1-16-7-10-19(11-8-16)28-15-21(27)26(14-6-13-25(4)5)23-24-22-18(3)17(2)9-12-20(22)29-23;/h7-12H,6,13-15H2,1-5H3;1H. The van der Waals surface area contributed by atoms with Gasteiger partial charge in [0, 0.05) is 6.54 Å². The first-order valence-corrected chi connectivity index (χ1v) is 10.7. The van der Waals surface area contributed by atoms with E-state index in [4.69, 9.17) is 9.72 Å². The van der Waals surface area contributed by atoms with E-state index in [2.05, 4.69) is 30.9 Å². The summed E-state index contributed by atoms with van der Waals surface area (Å²) in [6.07, 6.45) is 0.872. The van der Waals surface area contributed by atoms with E-state index >= 15 is 0 Å². The molecule has 0 aliphatic rings. The molecule has 5 nitrogen and oxygen atoms in total. The van der Waals surface area contributed by atoms with Gasteiger partial charge >= 0.3 is 0 Å². The highest BCUT2D eigenvalue weighted by Crippen LogP contribution is 2.32. The number of amides is 1. The summed E-state index contributed by atoms with van der Waals surface area (Å²) >= 11 is 1.56. The van der Waals surface area contributed by atoms with Gasteiger partial charge in [-0.2, -0.15) is 0 Å². The molecule has 1 amide bonds. The second kappa shape index (κ2) is 10.8. The lowest BCUT2D eigenvalue weighted by atomic mass is 10.1. The van der Waals surface area contributed by atoms with Gasteiger partial charge < -0.3 is 9.64 Å². The van der Waals surface area contributed by atoms with E-state index in [0.29, 0.717) is 12.3 Å². The number of halogens is 1. The van der Waals surface area contributed by atoms with E-state index in [1.807, 2.05) is 45.3 Å². The minimum absolute atomic E-state index is 0. The van der Waals surface area contributed by atoms with Gasteiger partial charge in [-0.05, 0) is 77.2 Å². The summed E-state index contributed by atoms with van der Waals surface area (Å²) < 4.78 is 6.85. The van der Waals surface area contributed by atoms with Gasteiger partial charge in [-0.3, -0.25) is 9.69 Å². The largest absolute Gasteiger partial charge is 0.484 e. The molecule has 0 unspecified atom stereocenters. The van der Waals surface area contributed by atoms with E-state index in [1.54, 1.807) is 16.2 Å². The molecule has 0 aliphatic carbocycles. The van der Waals surface area contributed by atoms with Crippen LogP contribution in [0.1, 0.15) is 23.1 Å². The van der Waals surface area contributed by atoms with Crippen LogP contribution in [0.4, 0.5) is 5.13 Å². The van der Waals surface area contributed by atoms with Crippen molar-refractivity contribution in [1.82, 2.24) is 9.88 Å². The maximum atomic E-state index is 13.0. The molecule has 3 rings (SSSR count). The number of carbonyl (C=O) groups is 1. The van der Waals surface area contributed by atoms with Crippen molar-refractivity contribution in [2.45, 2.75) is 27.2 Å². The minimum Gasteiger partial charge on any atom is -0.484 e. The summed E-state index contributed by atoms with van der Waals surface area (Å²) in [5, 5.41) is 0.741. The average molecular weight is 448 g/mol. The Bertz CT molecular complexity index is 986. The summed E-state index contributed by atoms with van der Waals surface area (Å²) in [5.74, 6) is 0.630. The number of benzene rings is 2. The molecule has 0 radical (unpaired) electrons. The first kappa shape index (κ1) is 24.1. The van der Waals surface area contributed by atoms with Crippen LogP contribution in [0, 0.1) is 20.8 Å². The third kappa shape index (κ3) is 5.94. The number of hydrogen-bond acceptors (Lipinski definition) is 5. The summed E-state index contributed by atoms with van der Waals surface area (Å²) in [4.78, 5) is 21.8. The normalized spacial score (nSPS) is 10.9. The molecular weight excluding hydrogens is 418 g/mol. The number of carbonyl (C=O) groups excluding carboxylic acids is 1. The summed E-state index contributed by atoms with van der Waals surface area (Å²) in [6.45, 7) is 7.72. The van der Waals surface area contributed by atoms with E-state index in [0.717, 1.165) is 33.9 Å². The molecule has 7 heteroatoms. The Morgan fingerprint density at radius 1 is 1.03 bits per heavy atom. The fraction of sp³-hybridized carbons (Fsp3) is 0.391. The minimum atomic E-state index is -0.0715. The van der Waals surface area contributed by atoms with Crippen LogP contribution in [0.25, 0.3) is 10.2 Å². The Morgan fingerprint density at radius 3 is 2.40 bits per heavy atom. The Balaban J connectivity index is 0.00000320. The number of rotatable bonds is 8. The zero-order valence-corrected chi connectivity index (χ0v) is 19.9. The summed E-state index contributed by atoms with van der Waals surface area (Å²) in [7, 11) is 4.08. The van der Waals surface area contributed by atoms with Crippen LogP contribution in [-0.4, -0.2) is 49.6 Å². The number of ether oxygens (including phenoxy) is 1. The van der Waals surface area contributed by atoms with E-state index in [1.165, 1.54) is 11.1 Å². The Hall–Kier alpha value is -2.15. The van der Waals surface area contributed by atoms with Crippen LogP contribution in [0.3, 0.4) is 0 Å². The fourth-order valence-electron chi connectivity index (χ4n) is 3.06. The number of aromatic nitrogens is 1. The second-order valence-electron chi connectivity index (χ2n) is 7.65. The molecule has 2 aromatic carbocycles. The third-order valence-electron chi connectivity index (χ3n) is 4.98. The van der Waals surface area contributed by atoms with Crippen LogP contribution in [0.2, 0.25) is 0 Å². The van der Waals surface area contributed by atoms with Crippen molar-refractivity contribution in [1.29, 1.82) is 0 Å². The van der Waals surface area contributed by atoms with E-state index in [-0.39, 0.29) is 24.9 Å². The van der Waals surface area contributed by atoms with Crippen molar-refractivity contribution in [3.05, 3.63) is 53.1 Å². The third-order valence-corrected chi connectivity index (χ3v) is 6.02. The van der Waals surface area contributed by atoms with Gasteiger partial charge in [-0.1, -0.05) is 35.1 Å². The van der Waals surface area contributed by atoms with Crippen LogP contribution in [-0.2, 0) is 4.79 Å². The van der Waals surface area contributed by atoms with Gasteiger partial charge in [0.15, 0.2) is 11.7 Å². The van der Waals surface area contributed by atoms with Crippen molar-refractivity contribution in [3.63, 3.8) is 0 Å². The number of fused-ring (bicyclic) bond motifs is 1. The number of nitrogens with zero attached hydrogens (tertiary/aromatic N) is 3. The van der Waals surface area contributed by atoms with Crippen LogP contribution in [0.15, 0.2) is 36.4 Å². The summed E-state index contributed by atoms with van der Waals surface area (Å²) in [6, 6.07) is 11.9. The van der Waals surface area contributed by atoms with Crippen LogP contribution < -0.4 is 9.64 Å². The molecule has 1 heterocycles. The highest BCUT2D eigenvalue weighted by atomic mass is 35.5. The van der Waals surface area contributed by atoms with E-state index in [9.17, 15) is 4.79 Å². The van der Waals surface area contributed by atoms with Crippen molar-refractivity contribution in [2.24, 2.45) is 0 Å². The molecule has 0 aliphatic heterocycles. The van der Waals surface area contributed by atoms with Crippen molar-refractivity contribution in [2.75, 3.05) is 38.7 Å². The molecule has 162 valence electrons. The van der Waals surface area contributed by atoms with Gasteiger partial charge in [0.25, 0.3) is 5.91 Å². The number of thiazole rings is 1. The van der Waals surface area contributed by atoms with Gasteiger partial charge in [0.2, 0.25) is 0 Å². The van der Waals surface area contributed by atoms with Gasteiger partial charge in [-0.15, -0.1) is 12.4 Å². The molecule has 0 bridgehead atoms. The van der Waals surface area contributed by atoms with Gasteiger partial charge in [-0.25, -0.2) is 4.98 Å². The molecule has 0 atom stereocenters. The Labute approximate surface area is 189 Å². The first-order chi connectivity index (χ1) is 13.8. The average Bonchev–Trinajstić information content (AvgIpc) is 3.12. The number of anilines is 1. The fourth-order valence-corrected chi connectivity index (χ4v) is 4.13. The zero-order valence-electron chi connectivity index (χ0n) is 18.3. The van der Waals surface area contributed by atoms with Gasteiger partial charge in [0.05, 0.1) is 10.2 Å². The second-order valence-corrected chi connectivity index (χ2v) is 8.66. The maximum Gasteiger partial charge on any atom is 0.266 e. The lowest BCUT2D eigenvalue weighted by molar-refractivity contribution is -0.120. The smallest absolute Gasteiger partial charge is 0.266 e. The zero-order chi connectivity index (χ0) is 21.0. The van der Waals surface area contributed by atoms with Crippen LogP contribution >= 0.6 is 23.7 Å². The van der Waals surface area contributed by atoms with Gasteiger partial charge in [0.1, 0.15) is 5.75 Å². The topological polar surface area (TPSA) is 45.7 Å². The monoisotopic (exact) mass is 447 g/mol. The summed E-state index contributed by atoms with van der Waals surface area (Å²) in [5.41, 5.74) is 4.52. The quantitative estimate of drug-likeness (QED) is 0.487. The number of hydrogen-bond donors (Lipinski definition) is 0. The van der Waals surface area contributed by atoms with Crippen molar-refractivity contribution in [3.8, 4) is 5.75 Å². The molecule has 0 saturated carbocycles. The molecular formula is C23H30ClN3O2S. The lowest BCUT2D eigenvalue weighted by Gasteiger charge is -2.21. The highest BCUT2D eigenvalue weighted by molar-refractivity contribution is 7.22. The molecule has 0 saturated heterocycles. The predicted octanol–water partition coefficient (Wildman–Crippen LogP) is 5.01. The highest BCUT2D eigenvalue weighted by Gasteiger charge is 2.21. The molecule has 3 aromatic rings. The van der Waals surface area contributed by atoms with Crippen LogP contribution in [0.5, 0.6) is 5.75 Å². The number of aryl methyl sites for hydroxylation is 3. The molecule has 0 N–H and O–H groups in total. The molecule has 0 fully saturated rings. The predicted molar refractivity (Wildman–Crippen MR) is 129 cm³/mol. The Morgan fingerprint density at radius 2 is 1.73 bits per heavy atom. The molecule has 1 aromatic heterocycles. The lowest BCUT2D eigenvalue weighted by Crippen LogP contribution is -2.36. The van der Waals surface area contributed by atoms with Crippen molar-refractivity contribution < 1.29 is 9.53 Å². The molecule has 0 spiro atoms. The maximum absolute atomic E-state index is 13.0. The Kier molecular flexibility index (Phi) is 8.65. The van der Waals surface area contributed by atoms with Crippen molar-refractivity contribution >= 4 is 45.0 Å².